The molecule has 1 N–H and O–H groups in total. The fraction of sp³-hybridized carbons (Fsp3) is 0.792. The molecular weight excluding hydrogens is 396 g/mol. The molecule has 1 aromatic rings. The quantitative estimate of drug-likeness (QED) is 0.735. The van der Waals surface area contributed by atoms with E-state index in [1.54, 1.807) is 4.88 Å². The largest absolute Gasteiger partial charge is 0.444 e. The van der Waals surface area contributed by atoms with Crippen LogP contribution in [0.15, 0.2) is 6.07 Å². The number of amides is 1. The highest BCUT2D eigenvalue weighted by atomic mass is 32.1. The molecule has 1 amide bonds. The zero-order chi connectivity index (χ0) is 21.5. The van der Waals surface area contributed by atoms with E-state index in [0.29, 0.717) is 12.0 Å². The number of rotatable bonds is 4. The van der Waals surface area contributed by atoms with Gasteiger partial charge >= 0.3 is 6.09 Å². The third-order valence-corrected chi connectivity index (χ3v) is 8.25. The van der Waals surface area contributed by atoms with Crippen molar-refractivity contribution in [1.29, 1.82) is 0 Å². The summed E-state index contributed by atoms with van der Waals surface area (Å²) in [4.78, 5) is 17.7. The lowest BCUT2D eigenvalue weighted by atomic mass is 9.76. The fourth-order valence-electron chi connectivity index (χ4n) is 5.35. The summed E-state index contributed by atoms with van der Waals surface area (Å²) < 4.78 is 11.8. The van der Waals surface area contributed by atoms with Gasteiger partial charge in [0.1, 0.15) is 5.60 Å². The van der Waals surface area contributed by atoms with Gasteiger partial charge in [-0.1, -0.05) is 6.92 Å². The number of alkyl carbamates (subject to hydrolysis) is 1. The van der Waals surface area contributed by atoms with Crippen molar-refractivity contribution in [2.75, 3.05) is 19.7 Å². The first-order valence-electron chi connectivity index (χ1n) is 11.7. The highest BCUT2D eigenvalue weighted by molar-refractivity contribution is 7.12. The molecule has 1 saturated heterocycles. The molecule has 0 bridgehead atoms. The van der Waals surface area contributed by atoms with Gasteiger partial charge < -0.3 is 19.7 Å². The minimum absolute atomic E-state index is 0.0617. The minimum Gasteiger partial charge on any atom is -0.444 e. The predicted octanol–water partition coefficient (Wildman–Crippen LogP) is 4.87. The number of thiophene rings is 1. The molecule has 0 unspecified atom stereocenters. The second-order valence-electron chi connectivity index (χ2n) is 10.5. The maximum absolute atomic E-state index is 11.9. The average Bonchev–Trinajstić information content (AvgIpc) is 3.05. The first kappa shape index (κ1) is 22.1. The minimum atomic E-state index is -0.437. The number of aryl methyl sites for hydroxylation is 1. The fourth-order valence-corrected chi connectivity index (χ4v) is 6.53. The number of piperidine rings is 1. The Hall–Kier alpha value is -1.11. The van der Waals surface area contributed by atoms with Crippen LogP contribution in [-0.4, -0.2) is 48.4 Å². The Kier molecular flexibility index (Phi) is 6.21. The van der Waals surface area contributed by atoms with E-state index >= 15 is 0 Å². The van der Waals surface area contributed by atoms with Crippen LogP contribution in [0.25, 0.3) is 0 Å². The van der Waals surface area contributed by atoms with Crippen molar-refractivity contribution in [3.8, 4) is 0 Å². The van der Waals surface area contributed by atoms with E-state index in [9.17, 15) is 4.79 Å². The highest BCUT2D eigenvalue weighted by Crippen LogP contribution is 2.46. The maximum Gasteiger partial charge on any atom is 0.407 e. The smallest absolute Gasteiger partial charge is 0.407 e. The van der Waals surface area contributed by atoms with Gasteiger partial charge in [-0.3, -0.25) is 0 Å². The summed E-state index contributed by atoms with van der Waals surface area (Å²) in [5, 5.41) is 3.02. The number of fused-ring (bicyclic) bond motifs is 2. The van der Waals surface area contributed by atoms with Crippen LogP contribution in [0.3, 0.4) is 0 Å². The van der Waals surface area contributed by atoms with E-state index in [4.69, 9.17) is 9.47 Å². The van der Waals surface area contributed by atoms with Gasteiger partial charge in [-0.25, -0.2) is 4.79 Å². The zero-order valence-corrected chi connectivity index (χ0v) is 20.1. The summed E-state index contributed by atoms with van der Waals surface area (Å²) in [5.41, 5.74) is 0.995. The Morgan fingerprint density at radius 2 is 2.17 bits per heavy atom. The van der Waals surface area contributed by atoms with Crippen LogP contribution in [0.4, 0.5) is 4.79 Å². The van der Waals surface area contributed by atoms with Crippen LogP contribution in [0, 0.1) is 5.92 Å². The van der Waals surface area contributed by atoms with Crippen LogP contribution < -0.4 is 5.32 Å². The van der Waals surface area contributed by atoms with Crippen LogP contribution in [0.2, 0.25) is 0 Å². The summed E-state index contributed by atoms with van der Waals surface area (Å²) in [6.45, 7) is 13.4. The average molecular weight is 435 g/mol. The monoisotopic (exact) mass is 434 g/mol. The third-order valence-electron chi connectivity index (χ3n) is 6.91. The SMILES string of the molecule is CCc1cc2c(s1)CCO[C@@]21CCN(CC2CC(NC(=O)OC(C)(C)C)C2)[C@@H](C)C1. The Bertz CT molecular complexity index is 765. The summed E-state index contributed by atoms with van der Waals surface area (Å²) in [5.74, 6) is 0.664. The van der Waals surface area contributed by atoms with Crippen molar-refractivity contribution in [3.63, 3.8) is 0 Å². The van der Waals surface area contributed by atoms with Crippen LogP contribution in [-0.2, 0) is 27.9 Å². The van der Waals surface area contributed by atoms with Gasteiger partial charge in [-0.2, -0.15) is 0 Å². The molecule has 6 heteroatoms. The number of carbonyl (C=O) groups excluding carboxylic acids is 1. The molecule has 4 rings (SSSR count). The molecule has 0 aromatic carbocycles. The lowest BCUT2D eigenvalue weighted by Crippen LogP contribution is -2.54. The molecule has 1 aliphatic carbocycles. The molecule has 1 spiro atoms. The van der Waals surface area contributed by atoms with Gasteiger partial charge in [-0.05, 0) is 77.3 Å². The van der Waals surface area contributed by atoms with Gasteiger partial charge in [0.15, 0.2) is 0 Å². The Morgan fingerprint density at radius 3 is 2.83 bits per heavy atom. The van der Waals surface area contributed by atoms with Gasteiger partial charge in [0.2, 0.25) is 0 Å². The normalized spacial score (nSPS) is 31.8. The number of likely N-dealkylation sites (tertiary alicyclic amines) is 1. The predicted molar refractivity (Wildman–Crippen MR) is 121 cm³/mol. The van der Waals surface area contributed by atoms with Crippen molar-refractivity contribution < 1.29 is 14.3 Å². The molecule has 5 nitrogen and oxygen atoms in total. The number of carbonyl (C=O) groups is 1. The number of ether oxygens (including phenoxy) is 2. The summed E-state index contributed by atoms with van der Waals surface area (Å²) in [7, 11) is 0. The van der Waals surface area contributed by atoms with E-state index in [-0.39, 0.29) is 17.7 Å². The maximum atomic E-state index is 11.9. The van der Waals surface area contributed by atoms with Crippen molar-refractivity contribution >= 4 is 17.4 Å². The molecule has 2 fully saturated rings. The van der Waals surface area contributed by atoms with Crippen molar-refractivity contribution in [2.45, 2.75) is 96.4 Å². The third kappa shape index (κ3) is 4.71. The van der Waals surface area contributed by atoms with E-state index in [2.05, 4.69) is 30.1 Å². The number of hydrogen-bond acceptors (Lipinski definition) is 5. The molecule has 30 heavy (non-hydrogen) atoms. The van der Waals surface area contributed by atoms with Gasteiger partial charge in [-0.15, -0.1) is 11.3 Å². The molecular formula is C24H38N2O3S. The summed E-state index contributed by atoms with van der Waals surface area (Å²) in [6, 6.07) is 3.21. The standard InChI is InChI=1S/C24H38N2O3S/c1-6-19-13-20-21(30-19)7-10-28-24(20)8-9-26(16(2)14-24)15-17-11-18(12-17)25-22(27)29-23(3,4)5/h13,16-18H,6-12,14-15H2,1-5H3,(H,25,27)/t16-,17?,18?,24+/m0/s1. The second kappa shape index (κ2) is 8.44. The lowest BCUT2D eigenvalue weighted by molar-refractivity contribution is -0.114. The van der Waals surface area contributed by atoms with Crippen LogP contribution in [0.5, 0.6) is 0 Å². The molecule has 2 atom stereocenters. The molecule has 1 saturated carbocycles. The molecule has 3 heterocycles. The van der Waals surface area contributed by atoms with Gasteiger partial charge in [0, 0.05) is 41.3 Å². The van der Waals surface area contributed by atoms with Crippen LogP contribution >= 0.6 is 11.3 Å². The van der Waals surface area contributed by atoms with Crippen molar-refractivity contribution in [3.05, 3.63) is 21.4 Å². The molecule has 3 aliphatic rings. The van der Waals surface area contributed by atoms with Gasteiger partial charge in [0.05, 0.1) is 12.2 Å². The number of nitrogens with zero attached hydrogens (tertiary/aromatic N) is 1. The first-order chi connectivity index (χ1) is 14.2. The summed E-state index contributed by atoms with van der Waals surface area (Å²) >= 11 is 2.00. The number of nitrogens with one attached hydrogen (secondary N) is 1. The van der Waals surface area contributed by atoms with E-state index in [0.717, 1.165) is 58.2 Å². The Morgan fingerprint density at radius 1 is 1.40 bits per heavy atom. The van der Waals surface area contributed by atoms with E-state index < -0.39 is 5.60 Å². The molecule has 0 radical (unpaired) electrons. The van der Waals surface area contributed by atoms with Crippen molar-refractivity contribution in [1.82, 2.24) is 10.2 Å². The van der Waals surface area contributed by atoms with Crippen molar-refractivity contribution in [2.24, 2.45) is 5.92 Å². The van der Waals surface area contributed by atoms with E-state index in [1.165, 1.54) is 10.4 Å². The summed E-state index contributed by atoms with van der Waals surface area (Å²) in [6.07, 6.45) is 6.20. The lowest BCUT2D eigenvalue weighted by Gasteiger charge is -2.49. The first-order valence-corrected chi connectivity index (χ1v) is 12.5. The zero-order valence-electron chi connectivity index (χ0n) is 19.3. The highest BCUT2D eigenvalue weighted by Gasteiger charge is 2.45. The number of hydrogen-bond donors (Lipinski definition) is 1. The van der Waals surface area contributed by atoms with E-state index in [1.807, 2.05) is 32.1 Å². The Labute approximate surface area is 185 Å². The molecule has 2 aliphatic heterocycles. The Balaban J connectivity index is 1.28. The topological polar surface area (TPSA) is 50.8 Å². The molecule has 168 valence electrons. The van der Waals surface area contributed by atoms with Crippen LogP contribution in [0.1, 0.15) is 75.6 Å². The molecule has 1 aromatic heterocycles. The second-order valence-corrected chi connectivity index (χ2v) is 11.7. The van der Waals surface area contributed by atoms with Gasteiger partial charge in [0.25, 0.3) is 0 Å².